The largest absolute Gasteiger partial charge is 0.380 e. The van der Waals surface area contributed by atoms with Crippen LogP contribution in [-0.2, 0) is 4.74 Å². The highest BCUT2D eigenvalue weighted by molar-refractivity contribution is 6.22. The van der Waals surface area contributed by atoms with Crippen LogP contribution in [0.15, 0.2) is 0 Å². The fourth-order valence-corrected chi connectivity index (χ4v) is 2.30. The lowest BCUT2D eigenvalue weighted by molar-refractivity contribution is 0.183. The van der Waals surface area contributed by atoms with Crippen LogP contribution in [0.5, 0.6) is 0 Å². The average Bonchev–Trinajstić information content (AvgIpc) is 2.67. The molecule has 1 heterocycles. The third-order valence-electron chi connectivity index (χ3n) is 2.63. The molecule has 0 saturated carbocycles. The molecule has 0 radical (unpaired) electrons. The van der Waals surface area contributed by atoms with Crippen LogP contribution in [0.2, 0.25) is 0 Å². The molecule has 78 valence electrons. The first-order chi connectivity index (χ1) is 6.26. The van der Waals surface area contributed by atoms with Crippen molar-refractivity contribution in [1.82, 2.24) is 5.32 Å². The van der Waals surface area contributed by atoms with Crippen molar-refractivity contribution in [3.63, 3.8) is 0 Å². The lowest BCUT2D eigenvalue weighted by Gasteiger charge is -2.32. The van der Waals surface area contributed by atoms with E-state index < -0.39 is 0 Å². The van der Waals surface area contributed by atoms with E-state index in [9.17, 15) is 0 Å². The Morgan fingerprint density at radius 2 is 2.15 bits per heavy atom. The van der Waals surface area contributed by atoms with Gasteiger partial charge in [0.05, 0.1) is 6.61 Å². The summed E-state index contributed by atoms with van der Waals surface area (Å²) in [7, 11) is 0. The summed E-state index contributed by atoms with van der Waals surface area (Å²) >= 11 is 11.8. The Morgan fingerprint density at radius 1 is 1.46 bits per heavy atom. The van der Waals surface area contributed by atoms with Crippen LogP contribution in [0.1, 0.15) is 19.8 Å². The molecule has 1 unspecified atom stereocenters. The van der Waals surface area contributed by atoms with E-state index in [2.05, 4.69) is 12.2 Å². The Labute approximate surface area is 89.9 Å². The fourth-order valence-electron chi connectivity index (χ4n) is 1.49. The predicted molar refractivity (Wildman–Crippen MR) is 56.8 cm³/mol. The van der Waals surface area contributed by atoms with Gasteiger partial charge in [-0.25, -0.2) is 0 Å². The zero-order chi connectivity index (χ0) is 9.73. The van der Waals surface area contributed by atoms with Gasteiger partial charge in [0, 0.05) is 29.9 Å². The monoisotopic (exact) mass is 225 g/mol. The summed E-state index contributed by atoms with van der Waals surface area (Å²) in [5.41, 5.74) is -0.110. The van der Waals surface area contributed by atoms with Gasteiger partial charge < -0.3 is 10.1 Å². The Hall–Kier alpha value is 0.500. The summed E-state index contributed by atoms with van der Waals surface area (Å²) in [6.45, 7) is 3.74. The number of ether oxygens (including phenoxy) is 1. The zero-order valence-corrected chi connectivity index (χ0v) is 9.50. The number of hydrogen-bond donors (Lipinski definition) is 1. The molecule has 0 amide bonds. The first kappa shape index (κ1) is 11.6. The summed E-state index contributed by atoms with van der Waals surface area (Å²) in [5, 5.41) is 3.49. The number of alkyl halides is 2. The highest BCUT2D eigenvalue weighted by Crippen LogP contribution is 2.18. The van der Waals surface area contributed by atoms with E-state index in [-0.39, 0.29) is 5.54 Å². The van der Waals surface area contributed by atoms with Gasteiger partial charge in [0.2, 0.25) is 0 Å². The maximum Gasteiger partial charge on any atom is 0.0620 e. The summed E-state index contributed by atoms with van der Waals surface area (Å²) < 4.78 is 5.29. The van der Waals surface area contributed by atoms with Crippen molar-refractivity contribution in [2.45, 2.75) is 31.3 Å². The van der Waals surface area contributed by atoms with E-state index in [1.54, 1.807) is 0 Å². The highest BCUT2D eigenvalue weighted by atomic mass is 35.5. The number of hydrogen-bond acceptors (Lipinski definition) is 2. The van der Waals surface area contributed by atoms with Gasteiger partial charge in [0.25, 0.3) is 0 Å². The van der Waals surface area contributed by atoms with Crippen molar-refractivity contribution < 1.29 is 4.74 Å². The maximum atomic E-state index is 5.92. The van der Waals surface area contributed by atoms with Crippen LogP contribution >= 0.6 is 23.2 Å². The molecule has 0 aromatic heterocycles. The average molecular weight is 226 g/mol. The molecule has 0 aromatic carbocycles. The lowest BCUT2D eigenvalue weighted by atomic mass is 9.99. The van der Waals surface area contributed by atoms with E-state index in [1.807, 2.05) is 0 Å². The quantitative estimate of drug-likeness (QED) is 0.724. The van der Waals surface area contributed by atoms with E-state index in [4.69, 9.17) is 27.9 Å². The van der Waals surface area contributed by atoms with E-state index >= 15 is 0 Å². The molecule has 1 aliphatic rings. The first-order valence-corrected chi connectivity index (χ1v) is 5.80. The second-order valence-corrected chi connectivity index (χ2v) is 4.14. The second kappa shape index (κ2) is 5.40. The third kappa shape index (κ3) is 2.98. The summed E-state index contributed by atoms with van der Waals surface area (Å²) in [5.74, 6) is 1.12. The molecule has 1 saturated heterocycles. The van der Waals surface area contributed by atoms with Crippen LogP contribution in [0, 0.1) is 0 Å². The second-order valence-electron chi connectivity index (χ2n) is 3.61. The molecule has 4 heteroatoms. The van der Waals surface area contributed by atoms with Crippen LogP contribution in [0.25, 0.3) is 0 Å². The smallest absolute Gasteiger partial charge is 0.0620 e. The van der Waals surface area contributed by atoms with Crippen molar-refractivity contribution >= 4 is 23.2 Å². The summed E-state index contributed by atoms with van der Waals surface area (Å²) in [6, 6.07) is 0.428. The van der Waals surface area contributed by atoms with Crippen LogP contribution in [0.3, 0.4) is 0 Å². The Bertz CT molecular complexity index is 136. The van der Waals surface area contributed by atoms with Gasteiger partial charge in [-0.05, 0) is 12.8 Å². The van der Waals surface area contributed by atoms with Gasteiger partial charge in [-0.3, -0.25) is 0 Å². The van der Waals surface area contributed by atoms with Gasteiger partial charge in [0.15, 0.2) is 0 Å². The molecule has 13 heavy (non-hydrogen) atoms. The van der Waals surface area contributed by atoms with Gasteiger partial charge in [-0.15, -0.1) is 23.2 Å². The van der Waals surface area contributed by atoms with Crippen molar-refractivity contribution in [2.75, 3.05) is 25.0 Å². The molecule has 1 rings (SSSR count). The minimum Gasteiger partial charge on any atom is -0.380 e. The van der Waals surface area contributed by atoms with Crippen LogP contribution < -0.4 is 5.32 Å². The topological polar surface area (TPSA) is 21.3 Å². The summed E-state index contributed by atoms with van der Waals surface area (Å²) in [6.07, 6.45) is 2.02. The van der Waals surface area contributed by atoms with Gasteiger partial charge in [0.1, 0.15) is 0 Å². The number of rotatable bonds is 5. The Kier molecular flexibility index (Phi) is 4.81. The summed E-state index contributed by atoms with van der Waals surface area (Å²) in [4.78, 5) is 0. The minimum atomic E-state index is -0.110. The molecular formula is C9H17Cl2NO. The molecule has 0 bridgehead atoms. The molecule has 2 nitrogen and oxygen atoms in total. The predicted octanol–water partition coefficient (Wildman–Crippen LogP) is 1.99. The molecule has 1 aliphatic heterocycles. The standard InChI is InChI=1S/C9H17Cl2NO/c1-2-9(6-10,7-11)12-8-3-4-13-5-8/h8,12H,2-7H2,1H3. The molecule has 0 spiro atoms. The van der Waals surface area contributed by atoms with Crippen LogP contribution in [0.4, 0.5) is 0 Å². The van der Waals surface area contributed by atoms with Crippen molar-refractivity contribution in [1.29, 1.82) is 0 Å². The van der Waals surface area contributed by atoms with Gasteiger partial charge >= 0.3 is 0 Å². The minimum absolute atomic E-state index is 0.110. The fraction of sp³-hybridized carbons (Fsp3) is 1.00. The van der Waals surface area contributed by atoms with Crippen molar-refractivity contribution in [3.8, 4) is 0 Å². The molecular weight excluding hydrogens is 209 g/mol. The van der Waals surface area contributed by atoms with E-state index in [0.29, 0.717) is 17.8 Å². The lowest BCUT2D eigenvalue weighted by Crippen LogP contribution is -2.53. The first-order valence-electron chi connectivity index (χ1n) is 4.73. The van der Waals surface area contributed by atoms with E-state index in [0.717, 1.165) is 26.1 Å². The van der Waals surface area contributed by atoms with E-state index in [1.165, 1.54) is 0 Å². The number of nitrogens with one attached hydrogen (secondary N) is 1. The van der Waals surface area contributed by atoms with Gasteiger partial charge in [-0.1, -0.05) is 6.92 Å². The SMILES string of the molecule is CCC(CCl)(CCl)NC1CCOC1. The molecule has 0 aliphatic carbocycles. The Morgan fingerprint density at radius 3 is 2.54 bits per heavy atom. The normalized spacial score (nSPS) is 23.8. The highest BCUT2D eigenvalue weighted by Gasteiger charge is 2.30. The van der Waals surface area contributed by atoms with Gasteiger partial charge in [-0.2, -0.15) is 0 Å². The molecule has 1 atom stereocenters. The number of halogens is 2. The third-order valence-corrected chi connectivity index (χ3v) is 3.65. The molecule has 1 fully saturated rings. The van der Waals surface area contributed by atoms with Crippen LogP contribution in [-0.4, -0.2) is 36.6 Å². The molecule has 1 N–H and O–H groups in total. The van der Waals surface area contributed by atoms with Crippen molar-refractivity contribution in [2.24, 2.45) is 0 Å². The molecule has 0 aromatic rings. The zero-order valence-electron chi connectivity index (χ0n) is 7.98. The maximum absolute atomic E-state index is 5.92. The van der Waals surface area contributed by atoms with Crippen molar-refractivity contribution in [3.05, 3.63) is 0 Å². The Balaban J connectivity index is 2.44.